The van der Waals surface area contributed by atoms with Crippen LogP contribution in [0.2, 0.25) is 0 Å². The fraction of sp³-hybridized carbons (Fsp3) is 0.500. The van der Waals surface area contributed by atoms with Crippen molar-refractivity contribution in [3.05, 3.63) is 29.3 Å². The van der Waals surface area contributed by atoms with Gasteiger partial charge in [-0.1, -0.05) is 25.5 Å². The Bertz CT molecular complexity index is 737. The van der Waals surface area contributed by atoms with E-state index in [0.29, 0.717) is 16.4 Å². The standard InChI is InChI=1S/C16H23N3O3S2/c1-5-6-12(3)19(16(23)17-4)15(20)10-13-8-7-11(2)14(9-13)18-24(21)22/h7-9,12H,5-6,10H2,1-4H3,(H,17,23). The van der Waals surface area contributed by atoms with E-state index in [1.165, 1.54) is 0 Å². The third kappa shape index (κ3) is 5.68. The average molecular weight is 370 g/mol. The van der Waals surface area contributed by atoms with Gasteiger partial charge in [-0.15, -0.1) is 4.36 Å². The maximum atomic E-state index is 12.7. The van der Waals surface area contributed by atoms with Crippen LogP contribution in [0.25, 0.3) is 0 Å². The van der Waals surface area contributed by atoms with Gasteiger partial charge in [0.25, 0.3) is 0 Å². The van der Waals surface area contributed by atoms with Crippen LogP contribution in [0.4, 0.5) is 5.69 Å². The van der Waals surface area contributed by atoms with E-state index in [2.05, 4.69) is 16.6 Å². The molecule has 0 aliphatic rings. The number of thiocarbonyl (C=S) groups is 1. The Morgan fingerprint density at radius 1 is 1.42 bits per heavy atom. The minimum absolute atomic E-state index is 0.00815. The summed E-state index contributed by atoms with van der Waals surface area (Å²) in [5.74, 6) is -0.131. The Kier molecular flexibility index (Phi) is 8.00. The maximum absolute atomic E-state index is 12.7. The number of carbonyl (C=O) groups is 1. The molecule has 1 rings (SSSR count). The number of amides is 1. The first-order valence-electron chi connectivity index (χ1n) is 7.74. The van der Waals surface area contributed by atoms with Gasteiger partial charge in [0, 0.05) is 13.1 Å². The average Bonchev–Trinajstić information content (AvgIpc) is 2.50. The number of rotatable bonds is 6. The molecule has 0 bridgehead atoms. The van der Waals surface area contributed by atoms with Crippen LogP contribution >= 0.6 is 12.2 Å². The number of benzene rings is 1. The summed E-state index contributed by atoms with van der Waals surface area (Å²) in [5.41, 5.74) is 1.78. The number of nitrogens with one attached hydrogen (secondary N) is 1. The van der Waals surface area contributed by atoms with Gasteiger partial charge in [-0.05, 0) is 49.7 Å². The van der Waals surface area contributed by atoms with Crippen LogP contribution in [0.3, 0.4) is 0 Å². The molecule has 0 heterocycles. The minimum atomic E-state index is -2.53. The van der Waals surface area contributed by atoms with Crippen molar-refractivity contribution in [2.45, 2.75) is 46.1 Å². The molecule has 6 nitrogen and oxygen atoms in total. The fourth-order valence-corrected chi connectivity index (χ4v) is 3.07. The molecule has 24 heavy (non-hydrogen) atoms. The van der Waals surface area contributed by atoms with Crippen molar-refractivity contribution >= 4 is 39.4 Å². The minimum Gasteiger partial charge on any atom is -0.365 e. The molecule has 1 N–H and O–H groups in total. The van der Waals surface area contributed by atoms with Crippen molar-refractivity contribution in [2.24, 2.45) is 4.36 Å². The highest BCUT2D eigenvalue weighted by Gasteiger charge is 2.23. The normalized spacial score (nSPS) is 11.5. The van der Waals surface area contributed by atoms with E-state index >= 15 is 0 Å². The molecule has 1 atom stereocenters. The molecule has 1 unspecified atom stereocenters. The molecule has 0 spiro atoms. The second-order valence-corrected chi connectivity index (χ2v) is 6.57. The predicted octanol–water partition coefficient (Wildman–Crippen LogP) is 2.75. The Morgan fingerprint density at radius 2 is 2.08 bits per heavy atom. The summed E-state index contributed by atoms with van der Waals surface area (Å²) in [5, 5.41) is 3.24. The molecule has 1 aromatic rings. The molecule has 0 aliphatic carbocycles. The third-order valence-corrected chi connectivity index (χ3v) is 4.40. The zero-order chi connectivity index (χ0) is 18.3. The third-order valence-electron chi connectivity index (χ3n) is 3.65. The second kappa shape index (κ2) is 9.48. The topological polar surface area (TPSA) is 78.8 Å². The van der Waals surface area contributed by atoms with E-state index in [-0.39, 0.29) is 18.4 Å². The van der Waals surface area contributed by atoms with E-state index < -0.39 is 10.5 Å². The highest BCUT2D eigenvalue weighted by Crippen LogP contribution is 2.21. The van der Waals surface area contributed by atoms with Gasteiger partial charge in [0.1, 0.15) is 0 Å². The quantitative estimate of drug-likeness (QED) is 0.780. The van der Waals surface area contributed by atoms with E-state index in [0.717, 1.165) is 18.4 Å². The van der Waals surface area contributed by atoms with Crippen LogP contribution in [0.1, 0.15) is 37.8 Å². The first-order valence-corrected chi connectivity index (χ1v) is 9.18. The lowest BCUT2D eigenvalue weighted by molar-refractivity contribution is -0.128. The molecular weight excluding hydrogens is 346 g/mol. The summed E-state index contributed by atoms with van der Waals surface area (Å²) in [7, 11) is -0.838. The van der Waals surface area contributed by atoms with Crippen LogP contribution in [0, 0.1) is 6.92 Å². The number of carbonyl (C=O) groups excluding carboxylic acids is 1. The van der Waals surface area contributed by atoms with Crippen LogP contribution in [-0.4, -0.2) is 37.4 Å². The van der Waals surface area contributed by atoms with Crippen LogP contribution in [-0.2, 0) is 21.7 Å². The summed E-state index contributed by atoms with van der Waals surface area (Å²) in [6, 6.07) is 5.16. The van der Waals surface area contributed by atoms with Crippen molar-refractivity contribution in [2.75, 3.05) is 7.05 Å². The molecule has 0 fully saturated rings. The van der Waals surface area contributed by atoms with Gasteiger partial charge < -0.3 is 5.32 Å². The van der Waals surface area contributed by atoms with E-state index in [9.17, 15) is 13.2 Å². The van der Waals surface area contributed by atoms with Gasteiger partial charge >= 0.3 is 10.5 Å². The fourth-order valence-electron chi connectivity index (χ4n) is 2.43. The molecule has 1 amide bonds. The molecule has 132 valence electrons. The summed E-state index contributed by atoms with van der Waals surface area (Å²) < 4.78 is 25.1. The first-order chi connectivity index (χ1) is 11.3. The maximum Gasteiger partial charge on any atom is 0.316 e. The van der Waals surface area contributed by atoms with Gasteiger partial charge in [0.05, 0.1) is 12.1 Å². The highest BCUT2D eigenvalue weighted by molar-refractivity contribution is 7.80. The lowest BCUT2D eigenvalue weighted by Gasteiger charge is -2.29. The number of nitrogens with zero attached hydrogens (tertiary/aromatic N) is 2. The van der Waals surface area contributed by atoms with E-state index in [1.807, 2.05) is 6.92 Å². The summed E-state index contributed by atoms with van der Waals surface area (Å²) in [6.07, 6.45) is 1.92. The monoisotopic (exact) mass is 369 g/mol. The first kappa shape index (κ1) is 20.2. The Balaban J connectivity index is 3.07. The Morgan fingerprint density at radius 3 is 2.62 bits per heavy atom. The number of aryl methyl sites for hydroxylation is 1. The molecule has 1 aromatic carbocycles. The summed E-state index contributed by atoms with van der Waals surface area (Å²) in [6.45, 7) is 5.78. The molecule has 0 aromatic heterocycles. The largest absolute Gasteiger partial charge is 0.365 e. The lowest BCUT2D eigenvalue weighted by atomic mass is 10.1. The smallest absolute Gasteiger partial charge is 0.316 e. The molecule has 0 saturated carbocycles. The van der Waals surface area contributed by atoms with Gasteiger partial charge in [0.2, 0.25) is 5.91 Å². The molecule has 0 aliphatic heterocycles. The van der Waals surface area contributed by atoms with Gasteiger partial charge in [-0.25, -0.2) is 0 Å². The van der Waals surface area contributed by atoms with Gasteiger partial charge in [0.15, 0.2) is 5.11 Å². The molecule has 0 radical (unpaired) electrons. The molecular formula is C16H23N3O3S2. The van der Waals surface area contributed by atoms with Crippen molar-refractivity contribution in [1.82, 2.24) is 10.2 Å². The van der Waals surface area contributed by atoms with E-state index in [1.54, 1.807) is 37.1 Å². The van der Waals surface area contributed by atoms with Crippen molar-refractivity contribution in [3.8, 4) is 0 Å². The van der Waals surface area contributed by atoms with Gasteiger partial charge in [-0.2, -0.15) is 8.42 Å². The van der Waals surface area contributed by atoms with Crippen molar-refractivity contribution in [3.63, 3.8) is 0 Å². The Labute approximate surface area is 150 Å². The SMILES string of the molecule is CCCC(C)N(C(=O)Cc1ccc(C)c(N=S(=O)=O)c1)C(=S)NC. The number of hydrogen-bond acceptors (Lipinski definition) is 5. The summed E-state index contributed by atoms with van der Waals surface area (Å²) in [4.78, 5) is 14.3. The zero-order valence-electron chi connectivity index (χ0n) is 14.4. The molecule has 0 saturated heterocycles. The van der Waals surface area contributed by atoms with Crippen LogP contribution < -0.4 is 5.32 Å². The van der Waals surface area contributed by atoms with Crippen molar-refractivity contribution < 1.29 is 13.2 Å². The van der Waals surface area contributed by atoms with Gasteiger partial charge in [-0.3, -0.25) is 9.69 Å². The predicted molar refractivity (Wildman–Crippen MR) is 98.8 cm³/mol. The molecule has 8 heteroatoms. The van der Waals surface area contributed by atoms with Crippen molar-refractivity contribution in [1.29, 1.82) is 0 Å². The zero-order valence-corrected chi connectivity index (χ0v) is 16.0. The lowest BCUT2D eigenvalue weighted by Crippen LogP contribution is -2.48. The highest BCUT2D eigenvalue weighted by atomic mass is 32.2. The summed E-state index contributed by atoms with van der Waals surface area (Å²) >= 11 is 5.26. The Hall–Kier alpha value is -1.80. The second-order valence-electron chi connectivity index (χ2n) is 5.56. The van der Waals surface area contributed by atoms with Crippen LogP contribution in [0.5, 0.6) is 0 Å². The number of hydrogen-bond donors (Lipinski definition) is 1. The van der Waals surface area contributed by atoms with Crippen LogP contribution in [0.15, 0.2) is 22.6 Å². The van der Waals surface area contributed by atoms with E-state index in [4.69, 9.17) is 12.2 Å².